The lowest BCUT2D eigenvalue weighted by Crippen LogP contribution is -2.39. The highest BCUT2D eigenvalue weighted by molar-refractivity contribution is 7.89. The summed E-state index contributed by atoms with van der Waals surface area (Å²) < 4.78 is 22.4. The Morgan fingerprint density at radius 3 is 2.38 bits per heavy atom. The van der Waals surface area contributed by atoms with Crippen molar-refractivity contribution in [2.45, 2.75) is 43.2 Å². The van der Waals surface area contributed by atoms with Crippen molar-refractivity contribution in [2.24, 2.45) is 16.8 Å². The molecule has 0 spiro atoms. The first-order valence-corrected chi connectivity index (χ1v) is 8.52. The highest BCUT2D eigenvalue weighted by atomic mass is 32.2. The molecule has 116 valence electrons. The van der Waals surface area contributed by atoms with E-state index in [9.17, 15) is 13.2 Å². The molecule has 21 heavy (non-hydrogen) atoms. The number of amides is 1. The Kier molecular flexibility index (Phi) is 4.65. The molecule has 1 amide bonds. The van der Waals surface area contributed by atoms with Crippen LogP contribution in [-0.2, 0) is 14.8 Å². The number of carbonyl (C=O) groups excluding carboxylic acids is 1. The maximum atomic E-state index is 12.2. The molecular formula is C14H21N3O3S. The van der Waals surface area contributed by atoms with Crippen LogP contribution in [0.2, 0.25) is 0 Å². The van der Waals surface area contributed by atoms with Crippen molar-refractivity contribution in [1.29, 1.82) is 0 Å². The summed E-state index contributed by atoms with van der Waals surface area (Å²) in [6, 6.07) is 5.91. The van der Waals surface area contributed by atoms with E-state index in [0.717, 1.165) is 24.8 Å². The molecule has 1 aliphatic rings. The van der Waals surface area contributed by atoms with Crippen LogP contribution in [0.5, 0.6) is 0 Å². The number of sulfonamides is 1. The summed E-state index contributed by atoms with van der Waals surface area (Å²) in [5.74, 6) is -0.167. The Bertz CT molecular complexity index is 613. The van der Waals surface area contributed by atoms with E-state index in [1.807, 2.05) is 6.92 Å². The van der Waals surface area contributed by atoms with Gasteiger partial charge in [-0.25, -0.2) is 13.6 Å². The summed E-state index contributed by atoms with van der Waals surface area (Å²) in [4.78, 5) is 12.2. The standard InChI is InChI=1S/C14H21N3O3S/c1-9(17-14(18)12-3-2-4-13(12)15)10-5-7-11(8-6-10)21(16,19)20/h5-9,12-13H,2-4,15H2,1H3,(H,17,18)(H2,16,19,20). The number of nitrogens with one attached hydrogen (secondary N) is 1. The lowest BCUT2D eigenvalue weighted by molar-refractivity contribution is -0.125. The molecule has 1 aromatic rings. The summed E-state index contributed by atoms with van der Waals surface area (Å²) in [6.45, 7) is 1.85. The van der Waals surface area contributed by atoms with Gasteiger partial charge in [-0.15, -0.1) is 0 Å². The molecule has 1 aliphatic carbocycles. The number of hydrogen-bond donors (Lipinski definition) is 3. The molecule has 2 rings (SSSR count). The Morgan fingerprint density at radius 1 is 1.29 bits per heavy atom. The highest BCUT2D eigenvalue weighted by Gasteiger charge is 2.30. The molecule has 6 nitrogen and oxygen atoms in total. The zero-order valence-electron chi connectivity index (χ0n) is 12.0. The second-order valence-electron chi connectivity index (χ2n) is 5.55. The first-order chi connectivity index (χ1) is 9.79. The maximum absolute atomic E-state index is 12.2. The Labute approximate surface area is 124 Å². The summed E-state index contributed by atoms with van der Waals surface area (Å²) in [5.41, 5.74) is 6.74. The third-order valence-corrected chi connectivity index (χ3v) is 4.90. The van der Waals surface area contributed by atoms with Crippen molar-refractivity contribution in [3.8, 4) is 0 Å². The Balaban J connectivity index is 2.03. The van der Waals surface area contributed by atoms with E-state index in [0.29, 0.717) is 0 Å². The third-order valence-electron chi connectivity index (χ3n) is 3.97. The van der Waals surface area contributed by atoms with Crippen molar-refractivity contribution in [2.75, 3.05) is 0 Å². The number of primary sulfonamides is 1. The van der Waals surface area contributed by atoms with Crippen LogP contribution >= 0.6 is 0 Å². The van der Waals surface area contributed by atoms with Crippen LogP contribution < -0.4 is 16.2 Å². The number of hydrogen-bond acceptors (Lipinski definition) is 4. The van der Waals surface area contributed by atoms with Crippen molar-refractivity contribution in [1.82, 2.24) is 5.32 Å². The van der Waals surface area contributed by atoms with Gasteiger partial charge < -0.3 is 11.1 Å². The van der Waals surface area contributed by atoms with Crippen molar-refractivity contribution in [3.05, 3.63) is 29.8 Å². The van der Waals surface area contributed by atoms with Crippen LogP contribution in [0.15, 0.2) is 29.2 Å². The number of carbonyl (C=O) groups is 1. The number of nitrogens with two attached hydrogens (primary N) is 2. The van der Waals surface area contributed by atoms with Gasteiger partial charge in [0.05, 0.1) is 16.9 Å². The van der Waals surface area contributed by atoms with E-state index in [1.165, 1.54) is 12.1 Å². The average Bonchev–Trinajstić information content (AvgIpc) is 2.84. The van der Waals surface area contributed by atoms with Gasteiger partial charge in [-0.2, -0.15) is 0 Å². The molecule has 7 heteroatoms. The zero-order valence-corrected chi connectivity index (χ0v) is 12.8. The summed E-state index contributed by atoms with van der Waals surface area (Å²) in [5, 5.41) is 7.98. The molecule has 1 fully saturated rings. The van der Waals surface area contributed by atoms with Crippen LogP contribution in [0.25, 0.3) is 0 Å². The summed E-state index contributed by atoms with van der Waals surface area (Å²) >= 11 is 0. The molecule has 0 bridgehead atoms. The predicted molar refractivity (Wildman–Crippen MR) is 79.7 cm³/mol. The summed E-state index contributed by atoms with van der Waals surface area (Å²) in [6.07, 6.45) is 2.69. The zero-order chi connectivity index (χ0) is 15.6. The molecule has 3 atom stereocenters. The van der Waals surface area contributed by atoms with E-state index in [1.54, 1.807) is 12.1 Å². The lowest BCUT2D eigenvalue weighted by Gasteiger charge is -2.20. The van der Waals surface area contributed by atoms with Crippen molar-refractivity contribution < 1.29 is 13.2 Å². The molecule has 0 heterocycles. The molecule has 1 aromatic carbocycles. The minimum Gasteiger partial charge on any atom is -0.349 e. The van der Waals surface area contributed by atoms with Crippen molar-refractivity contribution in [3.63, 3.8) is 0 Å². The van der Waals surface area contributed by atoms with Crippen LogP contribution in [0.1, 0.15) is 37.8 Å². The van der Waals surface area contributed by atoms with Crippen LogP contribution in [0, 0.1) is 5.92 Å². The monoisotopic (exact) mass is 311 g/mol. The van der Waals surface area contributed by atoms with E-state index in [-0.39, 0.29) is 28.8 Å². The summed E-state index contributed by atoms with van der Waals surface area (Å²) in [7, 11) is -3.69. The number of rotatable bonds is 4. The third kappa shape index (κ3) is 3.81. The molecule has 0 radical (unpaired) electrons. The van der Waals surface area contributed by atoms with E-state index < -0.39 is 10.0 Å². The smallest absolute Gasteiger partial charge is 0.238 e. The second-order valence-corrected chi connectivity index (χ2v) is 7.11. The fourth-order valence-electron chi connectivity index (χ4n) is 2.66. The average molecular weight is 311 g/mol. The SMILES string of the molecule is CC(NC(=O)C1CCCC1N)c1ccc(S(N)(=O)=O)cc1. The maximum Gasteiger partial charge on any atom is 0.238 e. The first kappa shape index (κ1) is 15.9. The Morgan fingerprint density at radius 2 is 1.90 bits per heavy atom. The topological polar surface area (TPSA) is 115 Å². The number of benzene rings is 1. The molecule has 5 N–H and O–H groups in total. The quantitative estimate of drug-likeness (QED) is 0.756. The molecule has 0 aliphatic heterocycles. The van der Waals surface area contributed by atoms with E-state index >= 15 is 0 Å². The van der Waals surface area contributed by atoms with Gasteiger partial charge in [0.15, 0.2) is 0 Å². The molecule has 3 unspecified atom stereocenters. The van der Waals surface area contributed by atoms with Gasteiger partial charge in [0, 0.05) is 6.04 Å². The van der Waals surface area contributed by atoms with E-state index in [2.05, 4.69) is 5.32 Å². The van der Waals surface area contributed by atoms with Crippen LogP contribution in [0.3, 0.4) is 0 Å². The van der Waals surface area contributed by atoms with Gasteiger partial charge in [0.2, 0.25) is 15.9 Å². The molecule has 0 aromatic heterocycles. The fourth-order valence-corrected chi connectivity index (χ4v) is 3.18. The normalized spacial score (nSPS) is 23.8. The van der Waals surface area contributed by atoms with E-state index in [4.69, 9.17) is 10.9 Å². The molecule has 1 saturated carbocycles. The van der Waals surface area contributed by atoms with Gasteiger partial charge in [0.1, 0.15) is 0 Å². The van der Waals surface area contributed by atoms with Gasteiger partial charge in [-0.3, -0.25) is 4.79 Å². The lowest BCUT2D eigenvalue weighted by atomic mass is 10.0. The minimum atomic E-state index is -3.69. The first-order valence-electron chi connectivity index (χ1n) is 6.98. The van der Waals surface area contributed by atoms with Gasteiger partial charge in [-0.05, 0) is 37.5 Å². The van der Waals surface area contributed by atoms with Crippen molar-refractivity contribution >= 4 is 15.9 Å². The minimum absolute atomic E-state index is 0.0389. The largest absolute Gasteiger partial charge is 0.349 e. The van der Waals surface area contributed by atoms with Gasteiger partial charge in [0.25, 0.3) is 0 Å². The predicted octanol–water partition coefficient (Wildman–Crippen LogP) is 0.639. The molecule has 0 saturated heterocycles. The van der Waals surface area contributed by atoms with Gasteiger partial charge >= 0.3 is 0 Å². The van der Waals surface area contributed by atoms with Crippen LogP contribution in [-0.4, -0.2) is 20.4 Å². The van der Waals surface area contributed by atoms with Crippen LogP contribution in [0.4, 0.5) is 0 Å². The highest BCUT2D eigenvalue weighted by Crippen LogP contribution is 2.25. The molecular weight excluding hydrogens is 290 g/mol. The fraction of sp³-hybridized carbons (Fsp3) is 0.500. The second kappa shape index (κ2) is 6.13. The Hall–Kier alpha value is -1.44. The van der Waals surface area contributed by atoms with Gasteiger partial charge in [-0.1, -0.05) is 18.6 Å².